The number of aldehydes is 1. The van der Waals surface area contributed by atoms with Crippen LogP contribution in [0.2, 0.25) is 0 Å². The summed E-state index contributed by atoms with van der Waals surface area (Å²) in [6.45, 7) is 4.89. The third-order valence-corrected chi connectivity index (χ3v) is 4.11. The molecule has 1 saturated heterocycles. The average molecular weight is 273 g/mol. The van der Waals surface area contributed by atoms with E-state index in [9.17, 15) is 9.59 Å². The van der Waals surface area contributed by atoms with Gasteiger partial charge in [-0.1, -0.05) is 37.3 Å². The first kappa shape index (κ1) is 14.9. The second-order valence-electron chi connectivity index (χ2n) is 5.96. The summed E-state index contributed by atoms with van der Waals surface area (Å²) < 4.78 is 0. The van der Waals surface area contributed by atoms with Crippen LogP contribution in [0.5, 0.6) is 0 Å². The molecule has 3 atom stereocenters. The van der Waals surface area contributed by atoms with Crippen LogP contribution in [0, 0.1) is 5.92 Å². The normalized spacial score (nSPS) is 25.4. The van der Waals surface area contributed by atoms with E-state index in [0.29, 0.717) is 18.6 Å². The van der Waals surface area contributed by atoms with Gasteiger partial charge in [-0.2, -0.15) is 0 Å². The van der Waals surface area contributed by atoms with E-state index >= 15 is 0 Å². The lowest BCUT2D eigenvalue weighted by Gasteiger charge is -2.40. The second-order valence-corrected chi connectivity index (χ2v) is 5.96. The smallest absolute Gasteiger partial charge is 0.136 e. The monoisotopic (exact) mass is 273 g/mol. The second kappa shape index (κ2) is 6.80. The summed E-state index contributed by atoms with van der Waals surface area (Å²) in [5.74, 6) is 0.335. The first-order chi connectivity index (χ1) is 9.60. The lowest BCUT2D eigenvalue weighted by molar-refractivity contribution is -0.126. The molecule has 0 aliphatic carbocycles. The van der Waals surface area contributed by atoms with Crippen molar-refractivity contribution in [3.8, 4) is 0 Å². The number of carbonyl (C=O) groups is 2. The number of piperidine rings is 1. The molecule has 1 fully saturated rings. The van der Waals surface area contributed by atoms with Crippen LogP contribution in [0.4, 0.5) is 0 Å². The molecule has 3 nitrogen and oxygen atoms in total. The van der Waals surface area contributed by atoms with Gasteiger partial charge in [-0.15, -0.1) is 0 Å². The van der Waals surface area contributed by atoms with E-state index in [1.807, 2.05) is 25.1 Å². The molecule has 108 valence electrons. The number of ketones is 1. The zero-order valence-electron chi connectivity index (χ0n) is 12.3. The standard InChI is InChI=1S/C17H23NO2/c1-13(12-19)8-16-10-17(20)9-14(2)18(16)11-15-6-4-3-5-7-15/h3-7,12-14,16H,8-11H2,1-2H3. The molecule has 3 unspecified atom stereocenters. The van der Waals surface area contributed by atoms with Crippen LogP contribution in [-0.4, -0.2) is 29.1 Å². The predicted molar refractivity (Wildman–Crippen MR) is 79.3 cm³/mol. The van der Waals surface area contributed by atoms with E-state index in [-0.39, 0.29) is 18.0 Å². The van der Waals surface area contributed by atoms with E-state index in [1.54, 1.807) is 0 Å². The number of hydrogen-bond donors (Lipinski definition) is 0. The summed E-state index contributed by atoms with van der Waals surface area (Å²) in [6.07, 6.45) is 2.96. The van der Waals surface area contributed by atoms with E-state index in [2.05, 4.69) is 24.0 Å². The SMILES string of the molecule is CC(C=O)CC1CC(=O)CC(C)N1Cc1ccccc1. The highest BCUT2D eigenvalue weighted by Gasteiger charge is 2.32. The number of likely N-dealkylation sites (tertiary alicyclic amines) is 1. The third kappa shape index (κ3) is 3.76. The van der Waals surface area contributed by atoms with E-state index in [0.717, 1.165) is 19.3 Å². The molecule has 0 bridgehead atoms. The van der Waals surface area contributed by atoms with Crippen molar-refractivity contribution in [1.82, 2.24) is 4.90 Å². The Morgan fingerprint density at radius 2 is 2.00 bits per heavy atom. The molecular formula is C17H23NO2. The van der Waals surface area contributed by atoms with Crippen LogP contribution >= 0.6 is 0 Å². The summed E-state index contributed by atoms with van der Waals surface area (Å²) in [6, 6.07) is 10.8. The Morgan fingerprint density at radius 3 is 2.65 bits per heavy atom. The summed E-state index contributed by atoms with van der Waals surface area (Å²) in [7, 11) is 0. The fraction of sp³-hybridized carbons (Fsp3) is 0.529. The zero-order chi connectivity index (χ0) is 14.5. The van der Waals surface area contributed by atoms with Crippen LogP contribution < -0.4 is 0 Å². The van der Waals surface area contributed by atoms with Crippen LogP contribution in [0.1, 0.15) is 38.7 Å². The maximum Gasteiger partial charge on any atom is 0.136 e. The number of carbonyl (C=O) groups excluding carboxylic acids is 2. The van der Waals surface area contributed by atoms with Gasteiger partial charge in [-0.3, -0.25) is 9.69 Å². The van der Waals surface area contributed by atoms with Gasteiger partial charge in [-0.05, 0) is 18.9 Å². The minimum atomic E-state index is 0.0105. The molecule has 2 rings (SSSR count). The van der Waals surface area contributed by atoms with Gasteiger partial charge in [0.25, 0.3) is 0 Å². The average Bonchev–Trinajstić information content (AvgIpc) is 2.43. The van der Waals surface area contributed by atoms with Crippen molar-refractivity contribution in [3.05, 3.63) is 35.9 Å². The highest BCUT2D eigenvalue weighted by atomic mass is 16.1. The van der Waals surface area contributed by atoms with Crippen molar-refractivity contribution >= 4 is 12.1 Å². The number of hydrogen-bond acceptors (Lipinski definition) is 3. The van der Waals surface area contributed by atoms with Crippen LogP contribution in [0.3, 0.4) is 0 Å². The van der Waals surface area contributed by atoms with Crippen molar-refractivity contribution < 1.29 is 9.59 Å². The van der Waals surface area contributed by atoms with Crippen molar-refractivity contribution in [2.75, 3.05) is 0 Å². The van der Waals surface area contributed by atoms with Gasteiger partial charge < -0.3 is 4.79 Å². The number of Topliss-reactive ketones (excluding diaryl/α,β-unsaturated/α-hetero) is 1. The summed E-state index contributed by atoms with van der Waals surface area (Å²) >= 11 is 0. The minimum Gasteiger partial charge on any atom is -0.303 e. The fourth-order valence-corrected chi connectivity index (χ4v) is 3.05. The predicted octanol–water partition coefficient (Wildman–Crippen LogP) is 2.83. The molecule has 1 aliphatic heterocycles. The molecule has 1 aromatic rings. The van der Waals surface area contributed by atoms with E-state index in [4.69, 9.17) is 0 Å². The highest BCUT2D eigenvalue weighted by Crippen LogP contribution is 2.26. The molecule has 1 heterocycles. The maximum absolute atomic E-state index is 11.8. The highest BCUT2D eigenvalue weighted by molar-refractivity contribution is 5.80. The zero-order valence-corrected chi connectivity index (χ0v) is 12.3. The molecule has 20 heavy (non-hydrogen) atoms. The van der Waals surface area contributed by atoms with Gasteiger partial charge in [0.05, 0.1) is 0 Å². The van der Waals surface area contributed by atoms with Gasteiger partial charge in [-0.25, -0.2) is 0 Å². The number of rotatable bonds is 5. The first-order valence-corrected chi connectivity index (χ1v) is 7.36. The van der Waals surface area contributed by atoms with Crippen molar-refractivity contribution in [1.29, 1.82) is 0 Å². The number of benzene rings is 1. The summed E-state index contributed by atoms with van der Waals surface area (Å²) in [5.41, 5.74) is 1.26. The first-order valence-electron chi connectivity index (χ1n) is 7.36. The molecule has 3 heteroatoms. The van der Waals surface area contributed by atoms with Crippen molar-refractivity contribution in [2.24, 2.45) is 5.92 Å². The Hall–Kier alpha value is -1.48. The molecule has 0 saturated carbocycles. The molecular weight excluding hydrogens is 250 g/mol. The van der Waals surface area contributed by atoms with Gasteiger partial charge in [0, 0.05) is 37.4 Å². The van der Waals surface area contributed by atoms with Crippen molar-refractivity contribution in [2.45, 2.75) is 51.7 Å². The van der Waals surface area contributed by atoms with E-state index < -0.39 is 0 Å². The topological polar surface area (TPSA) is 37.4 Å². The Labute approximate surface area is 121 Å². The molecule has 1 aromatic carbocycles. The Bertz CT molecular complexity index is 457. The Morgan fingerprint density at radius 1 is 1.30 bits per heavy atom. The third-order valence-electron chi connectivity index (χ3n) is 4.11. The van der Waals surface area contributed by atoms with Crippen LogP contribution in [0.15, 0.2) is 30.3 Å². The molecule has 0 amide bonds. The van der Waals surface area contributed by atoms with Crippen LogP contribution in [-0.2, 0) is 16.1 Å². The lowest BCUT2D eigenvalue weighted by Crippen LogP contribution is -2.48. The minimum absolute atomic E-state index is 0.0105. The molecule has 1 aliphatic rings. The number of nitrogens with zero attached hydrogens (tertiary/aromatic N) is 1. The largest absolute Gasteiger partial charge is 0.303 e. The van der Waals surface area contributed by atoms with Gasteiger partial charge in [0.15, 0.2) is 0 Å². The van der Waals surface area contributed by atoms with Gasteiger partial charge in [0.1, 0.15) is 12.1 Å². The van der Waals surface area contributed by atoms with Gasteiger partial charge in [0.2, 0.25) is 0 Å². The molecule has 0 aromatic heterocycles. The molecule has 0 spiro atoms. The van der Waals surface area contributed by atoms with E-state index in [1.165, 1.54) is 5.56 Å². The quantitative estimate of drug-likeness (QED) is 0.774. The van der Waals surface area contributed by atoms with Crippen LogP contribution in [0.25, 0.3) is 0 Å². The summed E-state index contributed by atoms with van der Waals surface area (Å²) in [4.78, 5) is 25.1. The Balaban J connectivity index is 2.12. The van der Waals surface area contributed by atoms with Crippen molar-refractivity contribution in [3.63, 3.8) is 0 Å². The maximum atomic E-state index is 11.8. The van der Waals surface area contributed by atoms with Gasteiger partial charge >= 0.3 is 0 Å². The lowest BCUT2D eigenvalue weighted by atomic mass is 9.89. The molecule has 0 N–H and O–H groups in total. The fourth-order valence-electron chi connectivity index (χ4n) is 3.05. The molecule has 0 radical (unpaired) electrons. The Kier molecular flexibility index (Phi) is 5.07. The summed E-state index contributed by atoms with van der Waals surface area (Å²) in [5, 5.41) is 0.